The molecule has 0 N–H and O–H groups in total. The number of nitriles is 1. The summed E-state index contributed by atoms with van der Waals surface area (Å²) in [6.07, 6.45) is 0. The number of nitrogens with zero attached hydrogens (tertiary/aromatic N) is 3. The predicted molar refractivity (Wildman–Crippen MR) is 119 cm³/mol. The largest absolute Gasteiger partial charge is 0.289 e. The Bertz CT molecular complexity index is 1300. The number of benzene rings is 3. The van der Waals surface area contributed by atoms with Crippen molar-refractivity contribution in [2.45, 2.75) is 25.3 Å². The first-order valence-electron chi connectivity index (χ1n) is 9.16. The van der Waals surface area contributed by atoms with Crippen molar-refractivity contribution in [3.8, 4) is 6.07 Å². The molecule has 3 rings (SSSR count). The highest BCUT2D eigenvalue weighted by Gasteiger charge is 2.29. The number of nitro groups is 1. The van der Waals surface area contributed by atoms with Gasteiger partial charge in [0.25, 0.3) is 15.7 Å². The Morgan fingerprint density at radius 2 is 1.74 bits per heavy atom. The van der Waals surface area contributed by atoms with Gasteiger partial charge in [0.05, 0.1) is 33.7 Å². The van der Waals surface area contributed by atoms with Gasteiger partial charge >= 0.3 is 0 Å². The van der Waals surface area contributed by atoms with Gasteiger partial charge in [0.2, 0.25) is 0 Å². The zero-order chi connectivity index (χ0) is 22.8. The molecular weight excluding hydrogens is 438 g/mol. The van der Waals surface area contributed by atoms with Gasteiger partial charge in [0, 0.05) is 6.07 Å². The second kappa shape index (κ2) is 8.76. The van der Waals surface area contributed by atoms with Gasteiger partial charge in [-0.3, -0.25) is 14.4 Å². The number of hydrogen-bond donors (Lipinski definition) is 0. The lowest BCUT2D eigenvalue weighted by Gasteiger charge is -2.26. The second-order valence-corrected chi connectivity index (χ2v) is 9.25. The van der Waals surface area contributed by atoms with E-state index in [0.29, 0.717) is 16.8 Å². The predicted octanol–water partition coefficient (Wildman–Crippen LogP) is 5.13. The second-order valence-electron chi connectivity index (χ2n) is 6.98. The Kier molecular flexibility index (Phi) is 6.29. The number of anilines is 1. The SMILES string of the molecule is Cc1ccc(N(Cc2ccc(C#N)cc2)S(=O)(=O)c2ccc(Cl)c([N+](=O)[O-])c2)c(C)c1. The summed E-state index contributed by atoms with van der Waals surface area (Å²) >= 11 is 5.86. The van der Waals surface area contributed by atoms with Crippen LogP contribution in [-0.2, 0) is 16.6 Å². The molecule has 0 aromatic heterocycles. The fraction of sp³-hybridized carbons (Fsp3) is 0.136. The average molecular weight is 456 g/mol. The topological polar surface area (TPSA) is 104 Å². The summed E-state index contributed by atoms with van der Waals surface area (Å²) in [4.78, 5) is 10.3. The van der Waals surface area contributed by atoms with Crippen LogP contribution in [0.4, 0.5) is 11.4 Å². The van der Waals surface area contributed by atoms with Gasteiger partial charge < -0.3 is 0 Å². The number of halogens is 1. The Hall–Kier alpha value is -3.41. The Balaban J connectivity index is 2.15. The summed E-state index contributed by atoms with van der Waals surface area (Å²) < 4.78 is 28.4. The molecule has 0 aliphatic rings. The van der Waals surface area contributed by atoms with E-state index in [1.54, 1.807) is 43.3 Å². The Labute approximate surface area is 185 Å². The van der Waals surface area contributed by atoms with Crippen LogP contribution in [0.3, 0.4) is 0 Å². The molecule has 158 valence electrons. The van der Waals surface area contributed by atoms with Gasteiger partial charge in [-0.2, -0.15) is 5.26 Å². The van der Waals surface area contributed by atoms with Crippen LogP contribution < -0.4 is 4.31 Å². The van der Waals surface area contributed by atoms with Crippen LogP contribution in [0.25, 0.3) is 0 Å². The van der Waals surface area contributed by atoms with E-state index in [1.165, 1.54) is 16.4 Å². The van der Waals surface area contributed by atoms with Crippen LogP contribution in [0.5, 0.6) is 0 Å². The van der Waals surface area contributed by atoms with Gasteiger partial charge in [0.15, 0.2) is 0 Å². The van der Waals surface area contributed by atoms with Crippen molar-refractivity contribution in [2.75, 3.05) is 4.31 Å². The summed E-state index contributed by atoms with van der Waals surface area (Å²) in [5.74, 6) is 0. The molecule has 7 nitrogen and oxygen atoms in total. The molecule has 0 heterocycles. The zero-order valence-electron chi connectivity index (χ0n) is 16.7. The lowest BCUT2D eigenvalue weighted by molar-refractivity contribution is -0.384. The van der Waals surface area contributed by atoms with Gasteiger partial charge in [0.1, 0.15) is 5.02 Å². The molecule has 9 heteroatoms. The monoisotopic (exact) mass is 455 g/mol. The summed E-state index contributed by atoms with van der Waals surface area (Å²) in [5, 5.41) is 20.1. The molecule has 0 saturated heterocycles. The minimum atomic E-state index is -4.17. The quantitative estimate of drug-likeness (QED) is 0.378. The average Bonchev–Trinajstić information content (AvgIpc) is 2.73. The maximum absolute atomic E-state index is 13.6. The van der Waals surface area contributed by atoms with E-state index in [2.05, 4.69) is 0 Å². The summed E-state index contributed by atoms with van der Waals surface area (Å²) in [5.41, 5.74) is 2.79. The smallest absolute Gasteiger partial charge is 0.262 e. The van der Waals surface area contributed by atoms with Crippen molar-refractivity contribution in [1.29, 1.82) is 5.26 Å². The van der Waals surface area contributed by atoms with Crippen molar-refractivity contribution in [3.05, 3.63) is 98.1 Å². The van der Waals surface area contributed by atoms with Crippen LogP contribution in [0, 0.1) is 35.3 Å². The molecule has 0 saturated carbocycles. The molecule has 0 unspecified atom stereocenters. The van der Waals surface area contributed by atoms with Crippen LogP contribution in [-0.4, -0.2) is 13.3 Å². The van der Waals surface area contributed by atoms with Crippen LogP contribution in [0.15, 0.2) is 65.6 Å². The van der Waals surface area contributed by atoms with Gasteiger partial charge in [-0.05, 0) is 55.3 Å². The molecule has 0 aliphatic heterocycles. The van der Waals surface area contributed by atoms with Crippen LogP contribution in [0.2, 0.25) is 5.02 Å². The zero-order valence-corrected chi connectivity index (χ0v) is 18.3. The standard InChI is InChI=1S/C22H18ClN3O4S/c1-15-3-10-21(16(2)11-15)25(14-18-6-4-17(13-24)5-7-18)31(29,30)19-8-9-20(23)22(12-19)26(27)28/h3-12H,14H2,1-2H3. The number of hydrogen-bond acceptors (Lipinski definition) is 5. The molecule has 0 fully saturated rings. The third-order valence-corrected chi connectivity index (χ3v) is 6.81. The van der Waals surface area contributed by atoms with Crippen molar-refractivity contribution < 1.29 is 13.3 Å². The van der Waals surface area contributed by atoms with Crippen LogP contribution >= 0.6 is 11.6 Å². The third kappa shape index (κ3) is 4.68. The van der Waals surface area contributed by atoms with Crippen molar-refractivity contribution >= 4 is 33.0 Å². The van der Waals surface area contributed by atoms with Crippen LogP contribution in [0.1, 0.15) is 22.3 Å². The normalized spacial score (nSPS) is 11.0. The highest BCUT2D eigenvalue weighted by molar-refractivity contribution is 7.92. The minimum absolute atomic E-state index is 0.0195. The number of sulfonamides is 1. The minimum Gasteiger partial charge on any atom is -0.262 e. The maximum atomic E-state index is 13.6. The number of nitro benzene ring substituents is 1. The summed E-state index contributed by atoms with van der Waals surface area (Å²) in [6.45, 7) is 3.68. The van der Waals surface area contributed by atoms with E-state index < -0.39 is 20.6 Å². The maximum Gasteiger partial charge on any atom is 0.289 e. The molecule has 0 aliphatic carbocycles. The summed E-state index contributed by atoms with van der Waals surface area (Å²) in [6, 6.07) is 17.4. The lowest BCUT2D eigenvalue weighted by atomic mass is 10.1. The van der Waals surface area contributed by atoms with Crippen molar-refractivity contribution in [1.82, 2.24) is 0 Å². The van der Waals surface area contributed by atoms with Gasteiger partial charge in [-0.15, -0.1) is 0 Å². The van der Waals surface area contributed by atoms with E-state index in [1.807, 2.05) is 19.1 Å². The fourth-order valence-corrected chi connectivity index (χ4v) is 4.88. The van der Waals surface area contributed by atoms with E-state index >= 15 is 0 Å². The van der Waals surface area contributed by atoms with Gasteiger partial charge in [-0.25, -0.2) is 8.42 Å². The number of rotatable bonds is 6. The molecule has 0 atom stereocenters. The Morgan fingerprint density at radius 3 is 2.32 bits per heavy atom. The first kappa shape index (κ1) is 22.3. The molecule has 0 amide bonds. The number of aryl methyl sites for hydroxylation is 2. The Morgan fingerprint density at radius 1 is 1.06 bits per heavy atom. The summed E-state index contributed by atoms with van der Waals surface area (Å²) in [7, 11) is -4.17. The molecule has 3 aromatic carbocycles. The molecule has 3 aromatic rings. The molecule has 0 bridgehead atoms. The van der Waals surface area contributed by atoms with Crippen molar-refractivity contribution in [3.63, 3.8) is 0 Å². The molecule has 0 radical (unpaired) electrons. The van der Waals surface area contributed by atoms with E-state index in [4.69, 9.17) is 16.9 Å². The molecule has 31 heavy (non-hydrogen) atoms. The lowest BCUT2D eigenvalue weighted by Crippen LogP contribution is -2.31. The first-order chi connectivity index (χ1) is 14.6. The highest BCUT2D eigenvalue weighted by Crippen LogP contribution is 2.33. The van der Waals surface area contributed by atoms with E-state index in [0.717, 1.165) is 17.2 Å². The van der Waals surface area contributed by atoms with E-state index in [-0.39, 0.29) is 16.5 Å². The van der Waals surface area contributed by atoms with Crippen molar-refractivity contribution in [2.24, 2.45) is 0 Å². The van der Waals surface area contributed by atoms with Gasteiger partial charge in [-0.1, -0.05) is 41.4 Å². The highest BCUT2D eigenvalue weighted by atomic mass is 35.5. The third-order valence-electron chi connectivity index (χ3n) is 4.73. The molecular formula is C22H18ClN3O4S. The van der Waals surface area contributed by atoms with E-state index in [9.17, 15) is 18.5 Å². The molecule has 0 spiro atoms. The fourth-order valence-electron chi connectivity index (χ4n) is 3.16. The first-order valence-corrected chi connectivity index (χ1v) is 11.0.